The first-order valence-electron chi connectivity index (χ1n) is 6.92. The Hall–Kier alpha value is -1.53. The minimum Gasteiger partial charge on any atom is -0.399 e. The van der Waals surface area contributed by atoms with Crippen LogP contribution >= 0.6 is 0 Å². The lowest BCUT2D eigenvalue weighted by Crippen LogP contribution is -2.24. The Balaban J connectivity index is 1.74. The van der Waals surface area contributed by atoms with Crippen LogP contribution in [-0.4, -0.2) is 19.9 Å². The van der Waals surface area contributed by atoms with Crippen LogP contribution in [-0.2, 0) is 10.0 Å². The summed E-state index contributed by atoms with van der Waals surface area (Å²) in [7, 11) is -3.46. The van der Waals surface area contributed by atoms with Gasteiger partial charge in [-0.3, -0.25) is 0 Å². The van der Waals surface area contributed by atoms with Gasteiger partial charge in [-0.15, -0.1) is 0 Å². The van der Waals surface area contributed by atoms with E-state index in [0.29, 0.717) is 22.5 Å². The molecule has 2 aromatic rings. The van der Waals surface area contributed by atoms with Gasteiger partial charge in [0.15, 0.2) is 0 Å². The zero-order chi connectivity index (χ0) is 14.2. The summed E-state index contributed by atoms with van der Waals surface area (Å²) in [6.07, 6.45) is 6.15. The first kappa shape index (κ1) is 13.5. The highest BCUT2D eigenvalue weighted by atomic mass is 32.2. The second-order valence-electron chi connectivity index (χ2n) is 5.44. The van der Waals surface area contributed by atoms with E-state index in [0.717, 1.165) is 24.3 Å². The van der Waals surface area contributed by atoms with Crippen molar-refractivity contribution >= 4 is 26.6 Å². The molecule has 0 amide bonds. The number of fused-ring (bicyclic) bond motifs is 1. The molecule has 1 aromatic heterocycles. The van der Waals surface area contributed by atoms with Gasteiger partial charge in [0.25, 0.3) is 0 Å². The summed E-state index contributed by atoms with van der Waals surface area (Å²) in [5.74, 6) is 0.829. The molecule has 1 aliphatic carbocycles. The predicted molar refractivity (Wildman–Crippen MR) is 79.9 cm³/mol. The third-order valence-corrected chi connectivity index (χ3v) is 5.24. The largest absolute Gasteiger partial charge is 0.399 e. The molecule has 0 atom stereocenters. The number of sulfonamides is 1. The van der Waals surface area contributed by atoms with E-state index in [9.17, 15) is 8.42 Å². The molecule has 3 rings (SSSR count). The Morgan fingerprint density at radius 3 is 2.90 bits per heavy atom. The minimum absolute atomic E-state index is 0.291. The second kappa shape index (κ2) is 5.10. The van der Waals surface area contributed by atoms with E-state index in [4.69, 9.17) is 5.73 Å². The highest BCUT2D eigenvalue weighted by molar-refractivity contribution is 7.89. The number of rotatable bonds is 6. The van der Waals surface area contributed by atoms with Gasteiger partial charge in [-0.2, -0.15) is 0 Å². The standard InChI is InChI=1S/C14H19N3O2S/c15-11-5-6-12-13(8-11)16-9-14(12)20(18,19)17-7-1-2-10-3-4-10/h5-6,8-10,16-17H,1-4,7,15H2. The SMILES string of the molecule is Nc1ccc2c(S(=O)(=O)NCCCC3CC3)c[nH]c2c1. The number of nitrogens with one attached hydrogen (secondary N) is 2. The lowest BCUT2D eigenvalue weighted by atomic mass is 10.2. The third-order valence-electron chi connectivity index (χ3n) is 3.74. The van der Waals surface area contributed by atoms with Crippen LogP contribution in [0.25, 0.3) is 10.9 Å². The van der Waals surface area contributed by atoms with Gasteiger partial charge in [-0.05, 0) is 37.0 Å². The van der Waals surface area contributed by atoms with Crippen molar-refractivity contribution in [1.29, 1.82) is 0 Å². The second-order valence-corrected chi connectivity index (χ2v) is 7.18. The molecule has 1 aliphatic rings. The number of hydrogen-bond acceptors (Lipinski definition) is 3. The van der Waals surface area contributed by atoms with Crippen molar-refractivity contribution in [3.05, 3.63) is 24.4 Å². The molecular weight excluding hydrogens is 274 g/mol. The average Bonchev–Trinajstić information content (AvgIpc) is 3.12. The van der Waals surface area contributed by atoms with E-state index in [2.05, 4.69) is 9.71 Å². The van der Waals surface area contributed by atoms with E-state index in [1.807, 2.05) is 0 Å². The number of benzene rings is 1. The maximum Gasteiger partial charge on any atom is 0.242 e. The van der Waals surface area contributed by atoms with Crippen LogP contribution in [0, 0.1) is 5.92 Å². The Morgan fingerprint density at radius 2 is 2.15 bits per heavy atom. The molecule has 0 bridgehead atoms. The molecule has 0 unspecified atom stereocenters. The summed E-state index contributed by atoms with van der Waals surface area (Å²) in [5.41, 5.74) is 7.04. The Morgan fingerprint density at radius 1 is 1.35 bits per heavy atom. The van der Waals surface area contributed by atoms with Crippen molar-refractivity contribution in [3.63, 3.8) is 0 Å². The normalized spacial score (nSPS) is 15.8. The van der Waals surface area contributed by atoms with Crippen molar-refractivity contribution in [3.8, 4) is 0 Å². The summed E-state index contributed by atoms with van der Waals surface area (Å²) in [4.78, 5) is 3.25. The Labute approximate surface area is 118 Å². The number of anilines is 1. The van der Waals surface area contributed by atoms with Gasteiger partial charge in [0, 0.05) is 29.3 Å². The highest BCUT2D eigenvalue weighted by Gasteiger charge is 2.22. The number of aromatic nitrogens is 1. The van der Waals surface area contributed by atoms with E-state index >= 15 is 0 Å². The molecule has 6 heteroatoms. The van der Waals surface area contributed by atoms with Crippen LogP contribution in [0.15, 0.2) is 29.3 Å². The zero-order valence-corrected chi connectivity index (χ0v) is 12.0. The van der Waals surface area contributed by atoms with Crippen LogP contribution in [0.2, 0.25) is 0 Å². The molecule has 0 spiro atoms. The predicted octanol–water partition coefficient (Wildman–Crippen LogP) is 2.22. The van der Waals surface area contributed by atoms with Crippen LogP contribution in [0.3, 0.4) is 0 Å². The van der Waals surface area contributed by atoms with E-state index in [1.165, 1.54) is 19.0 Å². The van der Waals surface area contributed by atoms with Crippen LogP contribution < -0.4 is 10.5 Å². The van der Waals surface area contributed by atoms with Crippen molar-refractivity contribution < 1.29 is 8.42 Å². The summed E-state index contributed by atoms with van der Waals surface area (Å²) < 4.78 is 27.3. The highest BCUT2D eigenvalue weighted by Crippen LogP contribution is 2.33. The van der Waals surface area contributed by atoms with Crippen LogP contribution in [0.4, 0.5) is 5.69 Å². The first-order chi connectivity index (χ1) is 9.56. The smallest absolute Gasteiger partial charge is 0.242 e. The van der Waals surface area contributed by atoms with E-state index in [1.54, 1.807) is 18.2 Å². The third kappa shape index (κ3) is 2.81. The molecule has 20 heavy (non-hydrogen) atoms. The van der Waals surface area contributed by atoms with Gasteiger partial charge in [-0.25, -0.2) is 13.1 Å². The molecular formula is C14H19N3O2S. The fourth-order valence-corrected chi connectivity index (χ4v) is 3.67. The molecule has 0 aliphatic heterocycles. The number of nitrogen functional groups attached to an aromatic ring is 1. The topological polar surface area (TPSA) is 88.0 Å². The van der Waals surface area contributed by atoms with Crippen molar-refractivity contribution in [2.75, 3.05) is 12.3 Å². The minimum atomic E-state index is -3.46. The number of hydrogen-bond donors (Lipinski definition) is 3. The molecule has 1 heterocycles. The molecule has 4 N–H and O–H groups in total. The zero-order valence-electron chi connectivity index (χ0n) is 11.2. The quantitative estimate of drug-likeness (QED) is 0.563. The first-order valence-corrected chi connectivity index (χ1v) is 8.41. The van der Waals surface area contributed by atoms with Gasteiger partial charge in [0.1, 0.15) is 4.90 Å². The number of H-pyrrole nitrogens is 1. The van der Waals surface area contributed by atoms with Gasteiger partial charge in [0.05, 0.1) is 0 Å². The van der Waals surface area contributed by atoms with Crippen LogP contribution in [0.5, 0.6) is 0 Å². The molecule has 0 saturated heterocycles. The van der Waals surface area contributed by atoms with Crippen LogP contribution in [0.1, 0.15) is 25.7 Å². The molecule has 0 radical (unpaired) electrons. The Kier molecular flexibility index (Phi) is 3.43. The summed E-state index contributed by atoms with van der Waals surface area (Å²) in [6, 6.07) is 5.18. The Bertz CT molecular complexity index is 717. The van der Waals surface area contributed by atoms with Crippen molar-refractivity contribution in [1.82, 2.24) is 9.71 Å². The lowest BCUT2D eigenvalue weighted by molar-refractivity contribution is 0.573. The van der Waals surface area contributed by atoms with Crippen molar-refractivity contribution in [2.45, 2.75) is 30.6 Å². The molecule has 1 aromatic carbocycles. The van der Waals surface area contributed by atoms with Gasteiger partial charge in [-0.1, -0.05) is 12.8 Å². The lowest BCUT2D eigenvalue weighted by Gasteiger charge is -2.05. The van der Waals surface area contributed by atoms with E-state index in [-0.39, 0.29) is 0 Å². The number of aromatic amines is 1. The monoisotopic (exact) mass is 293 g/mol. The van der Waals surface area contributed by atoms with Gasteiger partial charge >= 0.3 is 0 Å². The molecule has 1 saturated carbocycles. The molecule has 5 nitrogen and oxygen atoms in total. The van der Waals surface area contributed by atoms with Gasteiger partial charge in [0.2, 0.25) is 10.0 Å². The van der Waals surface area contributed by atoms with E-state index < -0.39 is 10.0 Å². The fourth-order valence-electron chi connectivity index (χ4n) is 2.42. The molecule has 108 valence electrons. The summed E-state index contributed by atoms with van der Waals surface area (Å²) >= 11 is 0. The molecule has 1 fully saturated rings. The maximum absolute atomic E-state index is 12.3. The fraction of sp³-hybridized carbons (Fsp3) is 0.429. The maximum atomic E-state index is 12.3. The number of nitrogens with two attached hydrogens (primary N) is 1. The average molecular weight is 293 g/mol. The summed E-state index contributed by atoms with van der Waals surface area (Å²) in [5, 5.41) is 0.675. The van der Waals surface area contributed by atoms with Gasteiger partial charge < -0.3 is 10.7 Å². The summed E-state index contributed by atoms with van der Waals surface area (Å²) in [6.45, 7) is 0.500. The van der Waals surface area contributed by atoms with Crippen molar-refractivity contribution in [2.24, 2.45) is 5.92 Å².